The monoisotopic (exact) mass is 250 g/mol. The van der Waals surface area contributed by atoms with E-state index in [0.717, 1.165) is 22.7 Å². The van der Waals surface area contributed by atoms with E-state index in [0.29, 0.717) is 5.69 Å². The fourth-order valence-electron chi connectivity index (χ4n) is 1.48. The van der Waals surface area contributed by atoms with Gasteiger partial charge in [0.1, 0.15) is 16.4 Å². The summed E-state index contributed by atoms with van der Waals surface area (Å²) in [7, 11) is 0. The summed E-state index contributed by atoms with van der Waals surface area (Å²) in [5.74, 6) is 0.950. The molecule has 17 heavy (non-hydrogen) atoms. The van der Waals surface area contributed by atoms with E-state index < -0.39 is 0 Å². The van der Waals surface area contributed by atoms with Crippen molar-refractivity contribution in [2.75, 3.05) is 12.4 Å². The molecule has 5 heteroatoms. The minimum atomic E-state index is 0.150. The second kappa shape index (κ2) is 5.33. The number of fused-ring (bicyclic) bond motifs is 1. The van der Waals surface area contributed by atoms with Crippen LogP contribution in [0.2, 0.25) is 0 Å². The summed E-state index contributed by atoms with van der Waals surface area (Å²) in [5.41, 5.74) is 1.35. The Morgan fingerprint density at radius 2 is 2.41 bits per heavy atom. The summed E-state index contributed by atoms with van der Waals surface area (Å²) in [6.07, 6.45) is 2.65. The van der Waals surface area contributed by atoms with Gasteiger partial charge in [-0.3, -0.25) is 9.20 Å². The van der Waals surface area contributed by atoms with Gasteiger partial charge in [0.25, 0.3) is 0 Å². The summed E-state index contributed by atoms with van der Waals surface area (Å²) in [5, 5.41) is 9.70. The van der Waals surface area contributed by atoms with E-state index >= 15 is 0 Å². The summed E-state index contributed by atoms with van der Waals surface area (Å²) in [6.45, 7) is 2.11. The van der Waals surface area contributed by atoms with Crippen LogP contribution in [-0.4, -0.2) is 33.1 Å². The van der Waals surface area contributed by atoms with Gasteiger partial charge in [0, 0.05) is 18.6 Å². The first kappa shape index (κ1) is 12.1. The van der Waals surface area contributed by atoms with Gasteiger partial charge in [0.15, 0.2) is 6.29 Å². The summed E-state index contributed by atoms with van der Waals surface area (Å²) < 4.78 is 1.78. The normalized spacial score (nSPS) is 12.8. The third-order valence-electron chi connectivity index (χ3n) is 2.46. The number of aldehydes is 1. The van der Waals surface area contributed by atoms with Crippen molar-refractivity contribution in [1.29, 1.82) is 0 Å². The molecule has 0 amide bonds. The maximum absolute atomic E-state index is 11.1. The zero-order valence-corrected chi connectivity index (χ0v) is 10.4. The fraction of sp³-hybridized carbons (Fsp3) is 0.333. The van der Waals surface area contributed by atoms with Crippen molar-refractivity contribution in [1.82, 2.24) is 9.38 Å². The molecule has 0 aliphatic heterocycles. The third kappa shape index (κ3) is 2.50. The fourth-order valence-corrected chi connectivity index (χ4v) is 2.48. The lowest BCUT2D eigenvalue weighted by Gasteiger charge is -2.05. The summed E-state index contributed by atoms with van der Waals surface area (Å²) in [6, 6.07) is 5.63. The van der Waals surface area contributed by atoms with E-state index in [4.69, 9.17) is 5.11 Å². The zero-order valence-electron chi connectivity index (χ0n) is 9.54. The van der Waals surface area contributed by atoms with Crippen molar-refractivity contribution in [2.24, 2.45) is 5.92 Å². The van der Waals surface area contributed by atoms with Gasteiger partial charge in [-0.15, -0.1) is 11.8 Å². The molecule has 0 saturated carbocycles. The highest BCUT2D eigenvalue weighted by Crippen LogP contribution is 2.24. The highest BCUT2D eigenvalue weighted by molar-refractivity contribution is 7.99. The van der Waals surface area contributed by atoms with Gasteiger partial charge in [-0.25, -0.2) is 4.98 Å². The molecule has 0 aliphatic rings. The van der Waals surface area contributed by atoms with Gasteiger partial charge in [-0.05, 0) is 18.1 Å². The van der Waals surface area contributed by atoms with Crippen molar-refractivity contribution in [2.45, 2.75) is 11.9 Å². The molecule has 2 aromatic rings. The number of aliphatic hydroxyl groups is 1. The van der Waals surface area contributed by atoms with Crippen molar-refractivity contribution in [3.63, 3.8) is 0 Å². The minimum Gasteiger partial charge on any atom is -0.396 e. The first-order chi connectivity index (χ1) is 8.26. The molecular weight excluding hydrogens is 236 g/mol. The van der Waals surface area contributed by atoms with Crippen LogP contribution in [0.25, 0.3) is 5.65 Å². The van der Waals surface area contributed by atoms with Gasteiger partial charge in [0.2, 0.25) is 0 Å². The van der Waals surface area contributed by atoms with Gasteiger partial charge >= 0.3 is 0 Å². The number of hydrogen-bond acceptors (Lipinski definition) is 4. The Kier molecular flexibility index (Phi) is 3.81. The SMILES string of the molecule is CC(CO)CSc1nc2ccccn2c1C=O. The van der Waals surface area contributed by atoms with Crippen LogP contribution >= 0.6 is 11.8 Å². The molecule has 0 spiro atoms. The molecule has 2 rings (SSSR count). The predicted molar refractivity (Wildman–Crippen MR) is 67.6 cm³/mol. The second-order valence-electron chi connectivity index (χ2n) is 3.95. The molecule has 4 nitrogen and oxygen atoms in total. The molecule has 0 radical (unpaired) electrons. The Labute approximate surface area is 104 Å². The van der Waals surface area contributed by atoms with Crippen molar-refractivity contribution in [3.8, 4) is 0 Å². The Bertz CT molecular complexity index is 524. The van der Waals surface area contributed by atoms with Gasteiger partial charge in [-0.2, -0.15) is 0 Å². The lowest BCUT2D eigenvalue weighted by atomic mass is 10.2. The van der Waals surface area contributed by atoms with E-state index in [1.54, 1.807) is 4.40 Å². The van der Waals surface area contributed by atoms with Gasteiger partial charge < -0.3 is 5.11 Å². The Morgan fingerprint density at radius 1 is 1.59 bits per heavy atom. The van der Waals surface area contributed by atoms with E-state index in [1.165, 1.54) is 11.8 Å². The number of thioether (sulfide) groups is 1. The molecule has 0 saturated heterocycles. The van der Waals surface area contributed by atoms with Crippen molar-refractivity contribution < 1.29 is 9.90 Å². The first-order valence-corrected chi connectivity index (χ1v) is 6.40. The highest BCUT2D eigenvalue weighted by Gasteiger charge is 2.12. The van der Waals surface area contributed by atoms with Crippen LogP contribution in [0.5, 0.6) is 0 Å². The lowest BCUT2D eigenvalue weighted by Crippen LogP contribution is -2.03. The standard InChI is InChI=1S/C12H14N2O2S/c1-9(6-15)8-17-12-10(7-16)14-5-3-2-4-11(14)13-12/h2-5,7,9,15H,6,8H2,1H3. The molecule has 1 unspecified atom stereocenters. The van der Waals surface area contributed by atoms with Crippen LogP contribution in [0.1, 0.15) is 17.4 Å². The maximum Gasteiger partial charge on any atom is 0.169 e. The Balaban J connectivity index is 2.30. The second-order valence-corrected chi connectivity index (χ2v) is 4.96. The average molecular weight is 250 g/mol. The van der Waals surface area contributed by atoms with Crippen LogP contribution < -0.4 is 0 Å². The van der Waals surface area contributed by atoms with E-state index in [-0.39, 0.29) is 12.5 Å². The first-order valence-electron chi connectivity index (χ1n) is 5.42. The van der Waals surface area contributed by atoms with E-state index in [1.807, 2.05) is 31.3 Å². The molecule has 0 aromatic carbocycles. The van der Waals surface area contributed by atoms with Crippen LogP contribution in [-0.2, 0) is 0 Å². The topological polar surface area (TPSA) is 54.6 Å². The average Bonchev–Trinajstić information content (AvgIpc) is 2.73. The maximum atomic E-state index is 11.1. The largest absolute Gasteiger partial charge is 0.396 e. The van der Waals surface area contributed by atoms with Gasteiger partial charge in [0.05, 0.1) is 0 Å². The van der Waals surface area contributed by atoms with E-state index in [2.05, 4.69) is 4.98 Å². The number of aromatic nitrogens is 2. The summed E-state index contributed by atoms with van der Waals surface area (Å²) in [4.78, 5) is 15.5. The number of carbonyl (C=O) groups is 1. The molecule has 0 aliphatic carbocycles. The summed E-state index contributed by atoms with van der Waals surface area (Å²) >= 11 is 1.51. The zero-order chi connectivity index (χ0) is 12.3. The molecule has 90 valence electrons. The number of rotatable bonds is 5. The predicted octanol–water partition coefficient (Wildman–Crippen LogP) is 1.87. The molecule has 0 fully saturated rings. The highest BCUT2D eigenvalue weighted by atomic mass is 32.2. The number of pyridine rings is 1. The molecule has 2 heterocycles. The quantitative estimate of drug-likeness (QED) is 0.650. The number of imidazole rings is 1. The molecular formula is C12H14N2O2S. The molecule has 1 atom stereocenters. The van der Waals surface area contributed by atoms with Crippen molar-refractivity contribution in [3.05, 3.63) is 30.1 Å². The van der Waals surface area contributed by atoms with Crippen LogP contribution in [0.15, 0.2) is 29.4 Å². The smallest absolute Gasteiger partial charge is 0.169 e. The lowest BCUT2D eigenvalue weighted by molar-refractivity contribution is 0.111. The van der Waals surface area contributed by atoms with E-state index in [9.17, 15) is 4.79 Å². The Hall–Kier alpha value is -1.33. The Morgan fingerprint density at radius 3 is 3.12 bits per heavy atom. The number of carbonyl (C=O) groups excluding carboxylic acids is 1. The number of hydrogen-bond donors (Lipinski definition) is 1. The van der Waals surface area contributed by atoms with Crippen LogP contribution in [0, 0.1) is 5.92 Å². The molecule has 2 aromatic heterocycles. The molecule has 1 N–H and O–H groups in total. The number of aliphatic hydroxyl groups excluding tert-OH is 1. The van der Waals surface area contributed by atoms with Gasteiger partial charge in [-0.1, -0.05) is 13.0 Å². The minimum absolute atomic E-state index is 0.150. The molecule has 0 bridgehead atoms. The number of nitrogens with zero attached hydrogens (tertiary/aromatic N) is 2. The van der Waals surface area contributed by atoms with Crippen LogP contribution in [0.4, 0.5) is 0 Å². The van der Waals surface area contributed by atoms with Crippen molar-refractivity contribution >= 4 is 23.7 Å². The third-order valence-corrected chi connectivity index (χ3v) is 3.77. The van der Waals surface area contributed by atoms with Crippen LogP contribution in [0.3, 0.4) is 0 Å².